The van der Waals surface area contributed by atoms with E-state index in [9.17, 15) is 4.39 Å². The molecule has 1 atom stereocenters. The summed E-state index contributed by atoms with van der Waals surface area (Å²) in [5.41, 5.74) is 2.94. The summed E-state index contributed by atoms with van der Waals surface area (Å²) in [4.78, 5) is 8.57. The van der Waals surface area contributed by atoms with Gasteiger partial charge in [0, 0.05) is 12.6 Å². The molecular formula is C14H14FN3O. The fourth-order valence-electron chi connectivity index (χ4n) is 2.39. The Bertz CT molecular complexity index is 586. The third-order valence-electron chi connectivity index (χ3n) is 3.35. The lowest BCUT2D eigenvalue weighted by Crippen LogP contribution is -2.21. The largest absolute Gasteiger partial charge is 0.376 e. The number of rotatable bonds is 2. The van der Waals surface area contributed by atoms with Gasteiger partial charge in [-0.3, -0.25) is 0 Å². The number of nitrogens with one attached hydrogen (secondary N) is 1. The highest BCUT2D eigenvalue weighted by atomic mass is 19.1. The van der Waals surface area contributed by atoms with Gasteiger partial charge in [0.1, 0.15) is 18.0 Å². The van der Waals surface area contributed by atoms with Gasteiger partial charge in [-0.1, -0.05) is 12.1 Å². The van der Waals surface area contributed by atoms with Crippen LogP contribution in [0.1, 0.15) is 22.7 Å². The summed E-state index contributed by atoms with van der Waals surface area (Å²) < 4.78 is 18.6. The minimum absolute atomic E-state index is 0.0273. The molecule has 5 heteroatoms. The molecule has 1 aromatic heterocycles. The van der Waals surface area contributed by atoms with Crippen LogP contribution in [-0.2, 0) is 11.3 Å². The first kappa shape index (κ1) is 12.0. The van der Waals surface area contributed by atoms with Crippen LogP contribution >= 0.6 is 0 Å². The predicted octanol–water partition coefficient (Wildman–Crippen LogP) is 2.32. The molecule has 0 spiro atoms. The first-order valence-corrected chi connectivity index (χ1v) is 6.14. The molecule has 1 aliphatic heterocycles. The van der Waals surface area contributed by atoms with Crippen LogP contribution in [0.2, 0.25) is 0 Å². The van der Waals surface area contributed by atoms with Crippen molar-refractivity contribution in [2.75, 3.05) is 19.0 Å². The maximum absolute atomic E-state index is 13.0. The monoisotopic (exact) mass is 259 g/mol. The van der Waals surface area contributed by atoms with Gasteiger partial charge < -0.3 is 10.1 Å². The highest BCUT2D eigenvalue weighted by molar-refractivity contribution is 5.49. The number of benzene rings is 1. The number of halogens is 1. The smallest absolute Gasteiger partial charge is 0.134 e. The van der Waals surface area contributed by atoms with Crippen molar-refractivity contribution in [3.8, 4) is 0 Å². The molecule has 3 rings (SSSR count). The van der Waals surface area contributed by atoms with Crippen molar-refractivity contribution < 1.29 is 9.13 Å². The molecule has 0 radical (unpaired) electrons. The lowest BCUT2D eigenvalue weighted by Gasteiger charge is -2.26. The van der Waals surface area contributed by atoms with Crippen LogP contribution in [0.3, 0.4) is 0 Å². The Morgan fingerprint density at radius 1 is 1.26 bits per heavy atom. The molecule has 1 aliphatic rings. The molecule has 0 saturated carbocycles. The fraction of sp³-hybridized carbons (Fsp3) is 0.286. The van der Waals surface area contributed by atoms with E-state index in [0.29, 0.717) is 13.2 Å². The molecule has 4 nitrogen and oxygen atoms in total. The van der Waals surface area contributed by atoms with Gasteiger partial charge in [0.25, 0.3) is 0 Å². The number of nitrogens with zero attached hydrogens (tertiary/aromatic N) is 2. The molecule has 0 bridgehead atoms. The van der Waals surface area contributed by atoms with E-state index in [4.69, 9.17) is 4.74 Å². The first-order valence-electron chi connectivity index (χ1n) is 6.14. The van der Waals surface area contributed by atoms with Gasteiger partial charge in [0.2, 0.25) is 0 Å². The molecular weight excluding hydrogens is 245 g/mol. The van der Waals surface area contributed by atoms with Crippen LogP contribution in [0.4, 0.5) is 10.2 Å². The van der Waals surface area contributed by atoms with Crippen molar-refractivity contribution in [3.63, 3.8) is 0 Å². The van der Waals surface area contributed by atoms with E-state index < -0.39 is 0 Å². The van der Waals surface area contributed by atoms with Crippen LogP contribution in [0.15, 0.2) is 30.6 Å². The zero-order valence-electron chi connectivity index (χ0n) is 10.6. The van der Waals surface area contributed by atoms with Gasteiger partial charge in [0.05, 0.1) is 24.8 Å². The average molecular weight is 259 g/mol. The Morgan fingerprint density at radius 2 is 2.05 bits per heavy atom. The Morgan fingerprint density at radius 3 is 2.79 bits per heavy atom. The van der Waals surface area contributed by atoms with Crippen molar-refractivity contribution in [2.24, 2.45) is 0 Å². The molecule has 2 heterocycles. The van der Waals surface area contributed by atoms with Gasteiger partial charge in [-0.05, 0) is 17.7 Å². The number of ether oxygens (including phenoxy) is 1. The maximum Gasteiger partial charge on any atom is 0.134 e. The summed E-state index contributed by atoms with van der Waals surface area (Å²) >= 11 is 0. The van der Waals surface area contributed by atoms with Gasteiger partial charge in [-0.25, -0.2) is 14.4 Å². The quantitative estimate of drug-likeness (QED) is 0.899. The number of fused-ring (bicyclic) bond motifs is 1. The summed E-state index contributed by atoms with van der Waals surface area (Å²) in [7, 11) is 1.82. The lowest BCUT2D eigenvalue weighted by atomic mass is 9.91. The minimum Gasteiger partial charge on any atom is -0.376 e. The van der Waals surface area contributed by atoms with E-state index >= 15 is 0 Å². The van der Waals surface area contributed by atoms with Crippen molar-refractivity contribution in [2.45, 2.75) is 12.5 Å². The van der Waals surface area contributed by atoms with Crippen LogP contribution in [-0.4, -0.2) is 23.6 Å². The van der Waals surface area contributed by atoms with Crippen molar-refractivity contribution in [3.05, 3.63) is 53.2 Å². The van der Waals surface area contributed by atoms with E-state index in [2.05, 4.69) is 15.3 Å². The van der Waals surface area contributed by atoms with Crippen molar-refractivity contribution >= 4 is 5.82 Å². The zero-order chi connectivity index (χ0) is 13.2. The fourth-order valence-corrected chi connectivity index (χ4v) is 2.39. The Balaban J connectivity index is 2.05. The van der Waals surface area contributed by atoms with Crippen molar-refractivity contribution in [1.82, 2.24) is 9.97 Å². The second kappa shape index (κ2) is 4.93. The molecule has 1 unspecified atom stereocenters. The van der Waals surface area contributed by atoms with E-state index in [1.165, 1.54) is 12.1 Å². The average Bonchev–Trinajstić information content (AvgIpc) is 2.47. The first-order chi connectivity index (χ1) is 9.29. The second-order valence-electron chi connectivity index (χ2n) is 4.46. The van der Waals surface area contributed by atoms with E-state index in [0.717, 1.165) is 22.6 Å². The summed E-state index contributed by atoms with van der Waals surface area (Å²) in [6.45, 7) is 1.06. The lowest BCUT2D eigenvalue weighted by molar-refractivity contribution is 0.0978. The molecule has 2 aromatic rings. The number of aromatic nitrogens is 2. The molecule has 0 aliphatic carbocycles. The molecule has 1 aromatic carbocycles. The second-order valence-corrected chi connectivity index (χ2v) is 4.46. The summed E-state index contributed by atoms with van der Waals surface area (Å²) in [6.07, 6.45) is 1.55. The van der Waals surface area contributed by atoms with E-state index in [-0.39, 0.29) is 11.7 Å². The summed E-state index contributed by atoms with van der Waals surface area (Å²) in [5.74, 6) is 0.579. The summed E-state index contributed by atoms with van der Waals surface area (Å²) in [5, 5.41) is 3.05. The SMILES string of the molecule is CNc1ncnc2c1COCC2c1ccc(F)cc1. The van der Waals surface area contributed by atoms with Crippen LogP contribution in [0, 0.1) is 5.82 Å². The Kier molecular flexibility index (Phi) is 3.13. The normalized spacial score (nSPS) is 17.9. The number of anilines is 1. The Hall–Kier alpha value is -2.01. The topological polar surface area (TPSA) is 47.0 Å². The molecule has 0 saturated heterocycles. The molecule has 0 fully saturated rings. The molecule has 19 heavy (non-hydrogen) atoms. The van der Waals surface area contributed by atoms with Crippen LogP contribution in [0.5, 0.6) is 0 Å². The molecule has 1 N–H and O–H groups in total. The van der Waals surface area contributed by atoms with Gasteiger partial charge in [0.15, 0.2) is 0 Å². The highest BCUT2D eigenvalue weighted by Crippen LogP contribution is 2.33. The van der Waals surface area contributed by atoms with E-state index in [1.807, 2.05) is 7.05 Å². The molecule has 0 amide bonds. The van der Waals surface area contributed by atoms with Gasteiger partial charge in [-0.2, -0.15) is 0 Å². The maximum atomic E-state index is 13.0. The van der Waals surface area contributed by atoms with Gasteiger partial charge >= 0.3 is 0 Å². The standard InChI is InChI=1S/C14H14FN3O/c1-16-14-12-7-19-6-11(13(12)17-8-18-14)9-2-4-10(15)5-3-9/h2-5,8,11H,6-7H2,1H3,(H,16,17,18). The van der Waals surface area contributed by atoms with E-state index in [1.54, 1.807) is 18.5 Å². The van der Waals surface area contributed by atoms with Crippen LogP contribution in [0.25, 0.3) is 0 Å². The van der Waals surface area contributed by atoms with Crippen molar-refractivity contribution in [1.29, 1.82) is 0 Å². The third-order valence-corrected chi connectivity index (χ3v) is 3.35. The zero-order valence-corrected chi connectivity index (χ0v) is 10.6. The summed E-state index contributed by atoms with van der Waals surface area (Å²) in [6, 6.07) is 6.48. The van der Waals surface area contributed by atoms with Gasteiger partial charge in [-0.15, -0.1) is 0 Å². The highest BCUT2D eigenvalue weighted by Gasteiger charge is 2.26. The minimum atomic E-state index is -0.237. The number of hydrogen-bond donors (Lipinski definition) is 1. The van der Waals surface area contributed by atoms with Crippen LogP contribution < -0.4 is 5.32 Å². The third kappa shape index (κ3) is 2.17. The Labute approximate surface area is 110 Å². The number of hydrogen-bond acceptors (Lipinski definition) is 4. The predicted molar refractivity (Wildman–Crippen MR) is 69.5 cm³/mol. The molecule has 98 valence electrons.